The van der Waals surface area contributed by atoms with Gasteiger partial charge in [-0.15, -0.1) is 0 Å². The number of hydrogen-bond donors (Lipinski definition) is 1. The molecule has 1 N–H and O–H groups in total. The molecule has 0 aliphatic carbocycles. The van der Waals surface area contributed by atoms with E-state index in [0.29, 0.717) is 0 Å². The summed E-state index contributed by atoms with van der Waals surface area (Å²) in [6, 6.07) is 0. The Hall–Kier alpha value is -0.720. The first kappa shape index (κ1) is 14.3. The average molecular weight is 210 g/mol. The van der Waals surface area contributed by atoms with Crippen LogP contribution in [0.15, 0.2) is 24.5 Å². The van der Waals surface area contributed by atoms with Gasteiger partial charge in [0, 0.05) is 0 Å². The maximum Gasteiger partial charge on any atom is 0.0791 e. The van der Waals surface area contributed by atoms with Crippen LogP contribution in [0.4, 0.5) is 0 Å². The third-order valence-electron chi connectivity index (χ3n) is 2.56. The summed E-state index contributed by atoms with van der Waals surface area (Å²) in [4.78, 5) is 0. The van der Waals surface area contributed by atoms with Crippen LogP contribution in [0.3, 0.4) is 0 Å². The Bertz CT molecular complexity index is 159. The summed E-state index contributed by atoms with van der Waals surface area (Å²) < 4.78 is 0. The van der Waals surface area contributed by atoms with E-state index < -0.39 is 0 Å². The highest BCUT2D eigenvalue weighted by atomic mass is 16.2. The van der Waals surface area contributed by atoms with Crippen LogP contribution in [0, 0.1) is 0 Å². The summed E-state index contributed by atoms with van der Waals surface area (Å²) >= 11 is 0. The van der Waals surface area contributed by atoms with Gasteiger partial charge in [-0.05, 0) is 18.9 Å². The molecule has 0 aromatic rings. The Balaban J connectivity index is 2.98. The zero-order valence-electron chi connectivity index (χ0n) is 10.1. The minimum Gasteiger partial charge on any atom is -0.516 e. The summed E-state index contributed by atoms with van der Waals surface area (Å²) in [7, 11) is 0. The number of unbranched alkanes of at least 4 members (excludes halogenated alkanes) is 8. The summed E-state index contributed by atoms with van der Waals surface area (Å²) in [6.45, 7) is 2.26. The molecular weight excluding hydrogens is 184 g/mol. The predicted molar refractivity (Wildman–Crippen MR) is 68.1 cm³/mol. The van der Waals surface area contributed by atoms with E-state index >= 15 is 0 Å². The van der Waals surface area contributed by atoms with Crippen molar-refractivity contribution in [3.05, 3.63) is 24.5 Å². The zero-order valence-corrected chi connectivity index (χ0v) is 10.1. The molecule has 0 bridgehead atoms. The van der Waals surface area contributed by atoms with E-state index in [9.17, 15) is 0 Å². The van der Waals surface area contributed by atoms with Gasteiger partial charge in [0.1, 0.15) is 0 Å². The molecule has 0 aliphatic heterocycles. The third kappa shape index (κ3) is 13.3. The van der Waals surface area contributed by atoms with Crippen LogP contribution >= 0.6 is 0 Å². The van der Waals surface area contributed by atoms with Crippen LogP contribution in [0.2, 0.25) is 0 Å². The van der Waals surface area contributed by atoms with E-state index in [4.69, 9.17) is 5.11 Å². The lowest BCUT2D eigenvalue weighted by Gasteiger charge is -1.99. The van der Waals surface area contributed by atoms with E-state index in [2.05, 4.69) is 13.0 Å². The number of hydrogen-bond acceptors (Lipinski definition) is 1. The zero-order chi connectivity index (χ0) is 11.2. The minimum atomic E-state index is 1.07. The second-order valence-corrected chi connectivity index (χ2v) is 4.03. The van der Waals surface area contributed by atoms with Crippen molar-refractivity contribution in [1.82, 2.24) is 0 Å². The molecule has 0 aliphatic rings. The largest absolute Gasteiger partial charge is 0.516 e. The molecule has 1 nitrogen and oxygen atoms in total. The fraction of sp³-hybridized carbons (Fsp3) is 0.714. The Morgan fingerprint density at radius 1 is 0.800 bits per heavy atom. The highest BCUT2D eigenvalue weighted by Crippen LogP contribution is 2.09. The molecule has 0 aromatic carbocycles. The average Bonchev–Trinajstić information content (AvgIpc) is 2.26. The molecular formula is C14H26O. The molecule has 0 unspecified atom stereocenters. The SMILES string of the molecule is CCCCCCCCCCC=CC=CO. The van der Waals surface area contributed by atoms with E-state index in [-0.39, 0.29) is 0 Å². The van der Waals surface area contributed by atoms with Crippen molar-refractivity contribution in [3.63, 3.8) is 0 Å². The fourth-order valence-corrected chi connectivity index (χ4v) is 1.62. The first-order valence-electron chi connectivity index (χ1n) is 6.37. The molecule has 0 fully saturated rings. The van der Waals surface area contributed by atoms with Crippen LogP contribution in [-0.2, 0) is 0 Å². The van der Waals surface area contributed by atoms with Crippen LogP contribution in [0.1, 0.15) is 64.7 Å². The second kappa shape index (κ2) is 13.3. The Morgan fingerprint density at radius 2 is 1.40 bits per heavy atom. The first-order chi connectivity index (χ1) is 7.41. The third-order valence-corrected chi connectivity index (χ3v) is 2.56. The standard InChI is InChI=1S/C14H26O/c1-2-3-4-5-6-7-8-9-10-11-12-13-14-15/h11-15H,2-10H2,1H3. The van der Waals surface area contributed by atoms with E-state index in [1.54, 1.807) is 6.08 Å². The molecule has 0 atom stereocenters. The van der Waals surface area contributed by atoms with Gasteiger partial charge >= 0.3 is 0 Å². The van der Waals surface area contributed by atoms with Gasteiger partial charge in [-0.1, -0.05) is 64.0 Å². The summed E-state index contributed by atoms with van der Waals surface area (Å²) in [5.41, 5.74) is 0. The maximum atomic E-state index is 8.38. The molecule has 0 rings (SSSR count). The normalized spacial score (nSPS) is 11.8. The number of rotatable bonds is 10. The van der Waals surface area contributed by atoms with E-state index in [1.165, 1.54) is 51.4 Å². The van der Waals surface area contributed by atoms with Crippen molar-refractivity contribution >= 4 is 0 Å². The van der Waals surface area contributed by atoms with Crippen LogP contribution in [-0.4, -0.2) is 5.11 Å². The monoisotopic (exact) mass is 210 g/mol. The van der Waals surface area contributed by atoms with Crippen molar-refractivity contribution in [2.45, 2.75) is 64.7 Å². The van der Waals surface area contributed by atoms with Gasteiger partial charge in [-0.25, -0.2) is 0 Å². The minimum absolute atomic E-state index is 1.07. The van der Waals surface area contributed by atoms with Gasteiger partial charge in [0.15, 0.2) is 0 Å². The summed E-state index contributed by atoms with van der Waals surface area (Å²) in [5, 5.41) is 8.38. The molecule has 0 saturated heterocycles. The second-order valence-electron chi connectivity index (χ2n) is 4.03. The van der Waals surface area contributed by atoms with Gasteiger partial charge in [-0.2, -0.15) is 0 Å². The maximum absolute atomic E-state index is 8.38. The molecule has 1 heteroatoms. The quantitative estimate of drug-likeness (QED) is 0.300. The van der Waals surface area contributed by atoms with E-state index in [1.807, 2.05) is 6.08 Å². The lowest BCUT2D eigenvalue weighted by Crippen LogP contribution is -1.79. The number of allylic oxidation sites excluding steroid dienone is 3. The lowest BCUT2D eigenvalue weighted by atomic mass is 10.1. The van der Waals surface area contributed by atoms with Crippen molar-refractivity contribution in [3.8, 4) is 0 Å². The molecule has 15 heavy (non-hydrogen) atoms. The van der Waals surface area contributed by atoms with Crippen LogP contribution in [0.5, 0.6) is 0 Å². The Labute approximate surface area is 94.9 Å². The highest BCUT2D eigenvalue weighted by Gasteiger charge is 1.89. The number of aliphatic hydroxyl groups excluding tert-OH is 1. The molecule has 0 aromatic heterocycles. The van der Waals surface area contributed by atoms with E-state index in [0.717, 1.165) is 12.7 Å². The van der Waals surface area contributed by atoms with Gasteiger partial charge in [0.05, 0.1) is 6.26 Å². The lowest BCUT2D eigenvalue weighted by molar-refractivity contribution is 0.473. The van der Waals surface area contributed by atoms with Gasteiger partial charge < -0.3 is 5.11 Å². The number of aliphatic hydroxyl groups is 1. The van der Waals surface area contributed by atoms with Crippen molar-refractivity contribution in [2.24, 2.45) is 0 Å². The predicted octanol–water partition coefficient (Wildman–Crippen LogP) is 5.15. The van der Waals surface area contributed by atoms with Gasteiger partial charge in [0.25, 0.3) is 0 Å². The highest BCUT2D eigenvalue weighted by molar-refractivity contribution is 4.98. The molecule has 88 valence electrons. The van der Waals surface area contributed by atoms with Crippen molar-refractivity contribution < 1.29 is 5.11 Å². The Kier molecular flexibility index (Phi) is 12.6. The summed E-state index contributed by atoms with van der Waals surface area (Å²) in [5.74, 6) is 0. The topological polar surface area (TPSA) is 20.2 Å². The van der Waals surface area contributed by atoms with Crippen LogP contribution < -0.4 is 0 Å². The molecule has 0 amide bonds. The molecule has 0 spiro atoms. The summed E-state index contributed by atoms with van der Waals surface area (Å²) in [6.07, 6.45) is 18.9. The first-order valence-corrected chi connectivity index (χ1v) is 6.37. The Morgan fingerprint density at radius 3 is 2.00 bits per heavy atom. The van der Waals surface area contributed by atoms with Crippen LogP contribution in [0.25, 0.3) is 0 Å². The fourth-order valence-electron chi connectivity index (χ4n) is 1.62. The molecule has 0 radical (unpaired) electrons. The van der Waals surface area contributed by atoms with Crippen molar-refractivity contribution in [1.29, 1.82) is 0 Å². The molecule has 0 heterocycles. The molecule has 0 saturated carbocycles. The van der Waals surface area contributed by atoms with Crippen molar-refractivity contribution in [2.75, 3.05) is 0 Å². The van der Waals surface area contributed by atoms with Gasteiger partial charge in [-0.3, -0.25) is 0 Å². The van der Waals surface area contributed by atoms with Gasteiger partial charge in [0.2, 0.25) is 0 Å². The smallest absolute Gasteiger partial charge is 0.0791 e.